The second-order valence-corrected chi connectivity index (χ2v) is 6.52. The van der Waals surface area contributed by atoms with Crippen LogP contribution in [0, 0.1) is 20.8 Å². The number of hydrogen-bond acceptors (Lipinski definition) is 6. The number of aromatic nitrogens is 2. The number of rotatable bonds is 2. The van der Waals surface area contributed by atoms with Crippen LogP contribution in [0.1, 0.15) is 34.0 Å². The Morgan fingerprint density at radius 3 is 2.76 bits per heavy atom. The molecule has 3 aromatic rings. The fourth-order valence-electron chi connectivity index (χ4n) is 3.38. The van der Waals surface area contributed by atoms with Crippen LogP contribution in [0.15, 0.2) is 21.1 Å². The Kier molecular flexibility index (Phi) is 3.61. The molecule has 25 heavy (non-hydrogen) atoms. The summed E-state index contributed by atoms with van der Waals surface area (Å²) in [5, 5.41) is 14.3. The topological polar surface area (TPSA) is 92.6 Å². The van der Waals surface area contributed by atoms with Gasteiger partial charge in [-0.2, -0.15) is 0 Å². The lowest BCUT2D eigenvalue weighted by molar-refractivity contribution is 0.0767. The summed E-state index contributed by atoms with van der Waals surface area (Å²) in [5.41, 5.74) is 2.88. The molecule has 3 aromatic heterocycles. The summed E-state index contributed by atoms with van der Waals surface area (Å²) in [6.45, 7) is 6.39. The van der Waals surface area contributed by atoms with Crippen LogP contribution < -0.4 is 0 Å². The van der Waals surface area contributed by atoms with Crippen LogP contribution >= 0.6 is 0 Å². The standard InChI is InChI=1S/C18H19N3O4/c1-9-6-13(11(3)24-9)15-7-14(16-10(2)20-25-17(16)19-15)18(23)21-5-4-12(22)8-21/h6-7,12,22H,4-5,8H2,1-3H3/t12-/m1/s1. The maximum absolute atomic E-state index is 13.0. The van der Waals surface area contributed by atoms with E-state index in [1.165, 1.54) is 0 Å². The van der Waals surface area contributed by atoms with Gasteiger partial charge in [0.15, 0.2) is 0 Å². The van der Waals surface area contributed by atoms with E-state index >= 15 is 0 Å². The predicted octanol–water partition coefficient (Wildman–Crippen LogP) is 2.61. The van der Waals surface area contributed by atoms with Crippen molar-refractivity contribution in [2.75, 3.05) is 13.1 Å². The maximum Gasteiger partial charge on any atom is 0.259 e. The minimum absolute atomic E-state index is 0.144. The Morgan fingerprint density at radius 1 is 1.32 bits per heavy atom. The summed E-state index contributed by atoms with van der Waals surface area (Å²) in [6.07, 6.45) is 0.123. The van der Waals surface area contributed by atoms with Crippen molar-refractivity contribution in [1.82, 2.24) is 15.0 Å². The Balaban J connectivity index is 1.88. The molecular formula is C18H19N3O4. The second-order valence-electron chi connectivity index (χ2n) is 6.52. The van der Waals surface area contributed by atoms with E-state index in [9.17, 15) is 9.90 Å². The summed E-state index contributed by atoms with van der Waals surface area (Å²) in [6, 6.07) is 3.65. The molecule has 0 aliphatic carbocycles. The van der Waals surface area contributed by atoms with E-state index in [0.717, 1.165) is 17.1 Å². The molecule has 7 heteroatoms. The maximum atomic E-state index is 13.0. The summed E-state index contributed by atoms with van der Waals surface area (Å²) in [7, 11) is 0. The number of fused-ring (bicyclic) bond motifs is 1. The van der Waals surface area contributed by atoms with Gasteiger partial charge in [0.25, 0.3) is 11.6 Å². The van der Waals surface area contributed by atoms with Crippen LogP contribution in [-0.2, 0) is 0 Å². The molecule has 4 rings (SSSR count). The summed E-state index contributed by atoms with van der Waals surface area (Å²) < 4.78 is 10.9. The second kappa shape index (κ2) is 5.70. The average Bonchev–Trinajstić information content (AvgIpc) is 3.26. The lowest BCUT2D eigenvalue weighted by Crippen LogP contribution is -2.29. The smallest absolute Gasteiger partial charge is 0.259 e. The van der Waals surface area contributed by atoms with Gasteiger partial charge in [-0.15, -0.1) is 0 Å². The molecule has 0 aromatic carbocycles. The van der Waals surface area contributed by atoms with Crippen LogP contribution in [0.3, 0.4) is 0 Å². The minimum Gasteiger partial charge on any atom is -0.466 e. The Morgan fingerprint density at radius 2 is 2.12 bits per heavy atom. The van der Waals surface area contributed by atoms with E-state index in [2.05, 4.69) is 10.1 Å². The first-order valence-corrected chi connectivity index (χ1v) is 8.26. The van der Waals surface area contributed by atoms with Gasteiger partial charge in [-0.3, -0.25) is 4.79 Å². The zero-order valence-electron chi connectivity index (χ0n) is 14.4. The largest absolute Gasteiger partial charge is 0.466 e. The number of likely N-dealkylation sites (tertiary alicyclic amines) is 1. The van der Waals surface area contributed by atoms with E-state index in [-0.39, 0.29) is 5.91 Å². The van der Waals surface area contributed by atoms with Crippen molar-refractivity contribution in [3.05, 3.63) is 34.9 Å². The Hall–Kier alpha value is -2.67. The normalized spacial score (nSPS) is 17.6. The van der Waals surface area contributed by atoms with Gasteiger partial charge in [0.05, 0.1) is 28.4 Å². The van der Waals surface area contributed by atoms with Gasteiger partial charge in [0.1, 0.15) is 11.5 Å². The van der Waals surface area contributed by atoms with Crippen molar-refractivity contribution >= 4 is 17.0 Å². The molecule has 1 fully saturated rings. The molecule has 1 aliphatic rings. The number of carbonyl (C=O) groups is 1. The van der Waals surface area contributed by atoms with Gasteiger partial charge >= 0.3 is 0 Å². The van der Waals surface area contributed by atoms with Crippen molar-refractivity contribution in [2.24, 2.45) is 0 Å². The molecule has 7 nitrogen and oxygen atoms in total. The van der Waals surface area contributed by atoms with Gasteiger partial charge in [0.2, 0.25) is 0 Å². The fraction of sp³-hybridized carbons (Fsp3) is 0.389. The number of nitrogens with zero attached hydrogens (tertiary/aromatic N) is 3. The lowest BCUT2D eigenvalue weighted by Gasteiger charge is -2.16. The van der Waals surface area contributed by atoms with Gasteiger partial charge < -0.3 is 18.9 Å². The number of hydrogen-bond donors (Lipinski definition) is 1. The Labute approximate surface area is 144 Å². The quantitative estimate of drug-likeness (QED) is 0.770. The lowest BCUT2D eigenvalue weighted by atomic mass is 10.0. The number of furan rings is 1. The van der Waals surface area contributed by atoms with Crippen molar-refractivity contribution in [2.45, 2.75) is 33.3 Å². The van der Waals surface area contributed by atoms with Crippen LogP contribution in [-0.4, -0.2) is 45.2 Å². The van der Waals surface area contributed by atoms with E-state index in [4.69, 9.17) is 8.94 Å². The van der Waals surface area contributed by atoms with Crippen molar-refractivity contribution in [3.8, 4) is 11.3 Å². The minimum atomic E-state index is -0.469. The van der Waals surface area contributed by atoms with Crippen LogP contribution in [0.5, 0.6) is 0 Å². The van der Waals surface area contributed by atoms with Gasteiger partial charge in [0, 0.05) is 18.7 Å². The molecule has 1 amide bonds. The van der Waals surface area contributed by atoms with Gasteiger partial charge in [-0.05, 0) is 39.3 Å². The van der Waals surface area contributed by atoms with Gasteiger partial charge in [-0.25, -0.2) is 4.98 Å². The highest BCUT2D eigenvalue weighted by Crippen LogP contribution is 2.31. The van der Waals surface area contributed by atoms with E-state index < -0.39 is 6.10 Å². The first-order chi connectivity index (χ1) is 11.9. The third kappa shape index (κ3) is 2.60. The third-order valence-electron chi connectivity index (χ3n) is 4.62. The molecule has 130 valence electrons. The third-order valence-corrected chi connectivity index (χ3v) is 4.62. The highest BCUT2D eigenvalue weighted by atomic mass is 16.5. The zero-order chi connectivity index (χ0) is 17.7. The van der Waals surface area contributed by atoms with E-state index in [1.54, 1.807) is 17.9 Å². The highest BCUT2D eigenvalue weighted by Gasteiger charge is 2.29. The molecule has 1 aliphatic heterocycles. The number of aryl methyl sites for hydroxylation is 3. The molecule has 1 saturated heterocycles. The first-order valence-electron chi connectivity index (χ1n) is 8.26. The zero-order valence-corrected chi connectivity index (χ0v) is 14.4. The fourth-order valence-corrected chi connectivity index (χ4v) is 3.38. The van der Waals surface area contributed by atoms with E-state index in [0.29, 0.717) is 47.6 Å². The average molecular weight is 341 g/mol. The molecule has 0 saturated carbocycles. The summed E-state index contributed by atoms with van der Waals surface area (Å²) in [4.78, 5) is 19.2. The number of pyridine rings is 1. The first kappa shape index (κ1) is 15.8. The van der Waals surface area contributed by atoms with Crippen molar-refractivity contribution < 1.29 is 18.8 Å². The predicted molar refractivity (Wildman–Crippen MR) is 90.2 cm³/mol. The van der Waals surface area contributed by atoms with Crippen molar-refractivity contribution in [1.29, 1.82) is 0 Å². The number of aliphatic hydroxyl groups excluding tert-OH is 1. The number of amides is 1. The molecule has 0 radical (unpaired) electrons. The van der Waals surface area contributed by atoms with Crippen LogP contribution in [0.2, 0.25) is 0 Å². The number of β-amino-alcohol motifs (C(OH)–C–C–N with tert-alkyl or cyclic N) is 1. The molecule has 0 unspecified atom stereocenters. The number of carbonyl (C=O) groups excluding carboxylic acids is 1. The monoisotopic (exact) mass is 341 g/mol. The molecule has 0 bridgehead atoms. The van der Waals surface area contributed by atoms with Gasteiger partial charge in [-0.1, -0.05) is 5.16 Å². The molecule has 4 heterocycles. The molecular weight excluding hydrogens is 322 g/mol. The Bertz CT molecular complexity index is 972. The number of aliphatic hydroxyl groups is 1. The molecule has 1 atom stereocenters. The van der Waals surface area contributed by atoms with E-state index in [1.807, 2.05) is 19.9 Å². The van der Waals surface area contributed by atoms with Crippen molar-refractivity contribution in [3.63, 3.8) is 0 Å². The molecule has 1 N–H and O–H groups in total. The van der Waals surface area contributed by atoms with Crippen LogP contribution in [0.25, 0.3) is 22.4 Å². The highest BCUT2D eigenvalue weighted by molar-refractivity contribution is 6.07. The SMILES string of the molecule is Cc1cc(-c2cc(C(=O)N3CC[C@@H](O)C3)c3c(C)noc3n2)c(C)o1. The summed E-state index contributed by atoms with van der Waals surface area (Å²) >= 11 is 0. The van der Waals surface area contributed by atoms with Crippen LogP contribution in [0.4, 0.5) is 0 Å². The molecule has 0 spiro atoms. The summed E-state index contributed by atoms with van der Waals surface area (Å²) in [5.74, 6) is 1.36.